The van der Waals surface area contributed by atoms with E-state index in [1.165, 1.54) is 4.88 Å². The average molecular weight is 204 g/mol. The molecule has 1 atom stereocenters. The molecule has 0 spiro atoms. The maximum atomic E-state index is 9.65. The zero-order valence-electron chi connectivity index (χ0n) is 6.75. The predicted molar refractivity (Wildman–Crippen MR) is 50.6 cm³/mol. The Balaban J connectivity index is 2.40. The summed E-state index contributed by atoms with van der Waals surface area (Å²) in [6, 6.07) is 1.87. The molecule has 0 bridgehead atoms. The molecule has 1 aromatic rings. The molecular formula is C8H10ClNOS. The number of fused-ring (bicyclic) bond motifs is 1. The van der Waals surface area contributed by atoms with E-state index in [0.29, 0.717) is 6.54 Å². The summed E-state index contributed by atoms with van der Waals surface area (Å²) >= 11 is 7.41. The van der Waals surface area contributed by atoms with Gasteiger partial charge < -0.3 is 5.11 Å². The number of nitrogens with zero attached hydrogens (tertiary/aromatic N) is 1. The van der Waals surface area contributed by atoms with E-state index in [0.717, 1.165) is 16.4 Å². The van der Waals surface area contributed by atoms with Gasteiger partial charge in [0.05, 0.1) is 10.4 Å². The quantitative estimate of drug-likeness (QED) is 0.696. The van der Waals surface area contributed by atoms with Crippen LogP contribution in [0.2, 0.25) is 4.34 Å². The van der Waals surface area contributed by atoms with Crippen LogP contribution in [-0.2, 0) is 6.54 Å². The summed E-state index contributed by atoms with van der Waals surface area (Å²) in [6.45, 7) is 1.61. The summed E-state index contributed by atoms with van der Waals surface area (Å²) < 4.78 is 0.773. The summed E-state index contributed by atoms with van der Waals surface area (Å²) in [5, 5.41) is 9.65. The van der Waals surface area contributed by atoms with E-state index in [9.17, 15) is 5.11 Å². The van der Waals surface area contributed by atoms with Crippen LogP contribution in [0, 0.1) is 0 Å². The number of hydrogen-bond acceptors (Lipinski definition) is 3. The van der Waals surface area contributed by atoms with E-state index in [2.05, 4.69) is 4.90 Å². The molecule has 12 heavy (non-hydrogen) atoms. The maximum absolute atomic E-state index is 9.65. The van der Waals surface area contributed by atoms with E-state index in [1.54, 1.807) is 11.3 Å². The van der Waals surface area contributed by atoms with Crippen molar-refractivity contribution in [3.63, 3.8) is 0 Å². The van der Waals surface area contributed by atoms with Gasteiger partial charge in [0.15, 0.2) is 0 Å². The lowest BCUT2D eigenvalue weighted by atomic mass is 10.1. The Labute approximate surface area is 80.4 Å². The molecule has 1 unspecified atom stereocenters. The van der Waals surface area contributed by atoms with Gasteiger partial charge in [-0.15, -0.1) is 11.3 Å². The summed E-state index contributed by atoms with van der Waals surface area (Å²) in [4.78, 5) is 3.29. The molecule has 0 saturated heterocycles. The standard InChI is InChI=1S/C8H10ClNOS/c1-10-3-6(11)5-2-8(9)12-7(5)4-10/h2,6,11H,3-4H2,1H3. The van der Waals surface area contributed by atoms with E-state index in [-0.39, 0.29) is 6.10 Å². The first-order valence-electron chi connectivity index (χ1n) is 3.81. The second kappa shape index (κ2) is 3.00. The number of likely N-dealkylation sites (N-methyl/N-ethyl adjacent to an activating group) is 1. The second-order valence-corrected chi connectivity index (χ2v) is 4.91. The number of halogens is 1. The molecular weight excluding hydrogens is 194 g/mol. The number of β-amino-alcohol motifs (C(OH)–C–C–N with tert-alkyl or cyclic N) is 1. The third-order valence-corrected chi connectivity index (χ3v) is 3.33. The summed E-state index contributed by atoms with van der Waals surface area (Å²) in [5.41, 5.74) is 1.02. The number of aliphatic hydroxyl groups excluding tert-OH is 1. The fraction of sp³-hybridized carbons (Fsp3) is 0.500. The minimum Gasteiger partial charge on any atom is -0.387 e. The lowest BCUT2D eigenvalue weighted by Gasteiger charge is -2.26. The molecule has 0 radical (unpaired) electrons. The van der Waals surface area contributed by atoms with Crippen molar-refractivity contribution < 1.29 is 5.11 Å². The molecule has 4 heteroatoms. The molecule has 1 N–H and O–H groups in total. The van der Waals surface area contributed by atoms with Gasteiger partial charge in [0, 0.05) is 18.0 Å². The Morgan fingerprint density at radius 3 is 3.25 bits per heavy atom. The van der Waals surface area contributed by atoms with E-state index >= 15 is 0 Å². The molecule has 66 valence electrons. The Morgan fingerprint density at radius 1 is 1.75 bits per heavy atom. The Morgan fingerprint density at radius 2 is 2.50 bits per heavy atom. The molecule has 0 saturated carbocycles. The lowest BCUT2D eigenvalue weighted by molar-refractivity contribution is 0.109. The monoisotopic (exact) mass is 203 g/mol. The van der Waals surface area contributed by atoms with Crippen molar-refractivity contribution in [1.29, 1.82) is 0 Å². The van der Waals surface area contributed by atoms with Gasteiger partial charge >= 0.3 is 0 Å². The maximum Gasteiger partial charge on any atom is 0.0935 e. The highest BCUT2D eigenvalue weighted by Gasteiger charge is 2.23. The van der Waals surface area contributed by atoms with Gasteiger partial charge in [0.25, 0.3) is 0 Å². The minimum absolute atomic E-state index is 0.359. The summed E-state index contributed by atoms with van der Waals surface area (Å²) in [5.74, 6) is 0. The molecule has 2 heterocycles. The van der Waals surface area contributed by atoms with Crippen molar-refractivity contribution in [2.24, 2.45) is 0 Å². The fourth-order valence-electron chi connectivity index (χ4n) is 1.52. The van der Waals surface area contributed by atoms with Crippen molar-refractivity contribution in [3.8, 4) is 0 Å². The van der Waals surface area contributed by atoms with Crippen LogP contribution in [0.3, 0.4) is 0 Å². The third-order valence-electron chi connectivity index (χ3n) is 2.07. The van der Waals surface area contributed by atoms with Crippen LogP contribution >= 0.6 is 22.9 Å². The van der Waals surface area contributed by atoms with Gasteiger partial charge in [0.1, 0.15) is 0 Å². The molecule has 0 amide bonds. The molecule has 0 aliphatic carbocycles. The highest BCUT2D eigenvalue weighted by atomic mass is 35.5. The molecule has 0 fully saturated rings. The van der Waals surface area contributed by atoms with E-state index in [1.807, 2.05) is 13.1 Å². The van der Waals surface area contributed by atoms with Gasteiger partial charge in [-0.3, -0.25) is 4.90 Å². The Hall–Kier alpha value is -0.0900. The van der Waals surface area contributed by atoms with Gasteiger partial charge in [-0.1, -0.05) is 11.6 Å². The molecule has 1 aromatic heterocycles. The van der Waals surface area contributed by atoms with Crippen molar-refractivity contribution in [1.82, 2.24) is 4.90 Å². The SMILES string of the molecule is CN1Cc2sc(Cl)cc2C(O)C1. The number of aliphatic hydroxyl groups is 1. The first-order valence-corrected chi connectivity index (χ1v) is 5.01. The molecule has 0 aromatic carbocycles. The predicted octanol–water partition coefficient (Wildman–Crippen LogP) is 1.88. The van der Waals surface area contributed by atoms with Crippen molar-refractivity contribution >= 4 is 22.9 Å². The van der Waals surface area contributed by atoms with E-state index in [4.69, 9.17) is 11.6 Å². The zero-order chi connectivity index (χ0) is 8.72. The molecule has 2 nitrogen and oxygen atoms in total. The van der Waals surface area contributed by atoms with Crippen LogP contribution in [-0.4, -0.2) is 23.6 Å². The highest BCUT2D eigenvalue weighted by molar-refractivity contribution is 7.16. The average Bonchev–Trinajstić information content (AvgIpc) is 2.29. The van der Waals surface area contributed by atoms with E-state index < -0.39 is 0 Å². The largest absolute Gasteiger partial charge is 0.387 e. The first kappa shape index (κ1) is 8.51. The fourth-order valence-corrected chi connectivity index (χ4v) is 2.93. The molecule has 1 aliphatic rings. The lowest BCUT2D eigenvalue weighted by Crippen LogP contribution is -2.28. The van der Waals surface area contributed by atoms with Crippen LogP contribution in [0.5, 0.6) is 0 Å². The second-order valence-electron chi connectivity index (χ2n) is 3.14. The van der Waals surface area contributed by atoms with Gasteiger partial charge in [-0.2, -0.15) is 0 Å². The first-order chi connectivity index (χ1) is 5.66. The normalized spacial score (nSPS) is 24.1. The number of thiophene rings is 1. The van der Waals surface area contributed by atoms with Crippen LogP contribution in [0.15, 0.2) is 6.07 Å². The third kappa shape index (κ3) is 1.38. The zero-order valence-corrected chi connectivity index (χ0v) is 8.32. The summed E-state index contributed by atoms with van der Waals surface area (Å²) in [6.07, 6.45) is -0.359. The van der Waals surface area contributed by atoms with Crippen molar-refractivity contribution in [2.45, 2.75) is 12.6 Å². The van der Waals surface area contributed by atoms with Crippen LogP contribution in [0.1, 0.15) is 16.5 Å². The van der Waals surface area contributed by atoms with Gasteiger partial charge in [-0.05, 0) is 18.7 Å². The highest BCUT2D eigenvalue weighted by Crippen LogP contribution is 2.35. The smallest absolute Gasteiger partial charge is 0.0935 e. The number of rotatable bonds is 0. The van der Waals surface area contributed by atoms with Gasteiger partial charge in [-0.25, -0.2) is 0 Å². The Bertz CT molecular complexity index is 299. The minimum atomic E-state index is -0.359. The molecule has 1 aliphatic heterocycles. The topological polar surface area (TPSA) is 23.5 Å². The van der Waals surface area contributed by atoms with Crippen molar-refractivity contribution in [2.75, 3.05) is 13.6 Å². The summed E-state index contributed by atoms with van der Waals surface area (Å²) in [7, 11) is 2.00. The Kier molecular flexibility index (Phi) is 2.12. The van der Waals surface area contributed by atoms with Crippen molar-refractivity contribution in [3.05, 3.63) is 20.8 Å². The number of hydrogen-bond donors (Lipinski definition) is 1. The van der Waals surface area contributed by atoms with Crippen LogP contribution in [0.25, 0.3) is 0 Å². The van der Waals surface area contributed by atoms with Crippen LogP contribution < -0.4 is 0 Å². The van der Waals surface area contributed by atoms with Gasteiger partial charge in [0.2, 0.25) is 0 Å². The van der Waals surface area contributed by atoms with Crippen LogP contribution in [0.4, 0.5) is 0 Å². The molecule has 2 rings (SSSR count).